The summed E-state index contributed by atoms with van der Waals surface area (Å²) in [4.78, 5) is 10.6. The molecule has 0 radical (unpaired) electrons. The lowest BCUT2D eigenvalue weighted by molar-refractivity contribution is -0.383. The molecule has 0 spiro atoms. The van der Waals surface area contributed by atoms with Crippen LogP contribution in [0.2, 0.25) is 0 Å². The predicted molar refractivity (Wildman–Crippen MR) is 77.4 cm³/mol. The summed E-state index contributed by atoms with van der Waals surface area (Å²) in [7, 11) is 0. The van der Waals surface area contributed by atoms with Gasteiger partial charge in [-0.05, 0) is 18.6 Å². The SMILES string of the molecule is CCCCCCCn1ccc2c([N+](=O)[O-])cccc21. The summed E-state index contributed by atoms with van der Waals surface area (Å²) >= 11 is 0. The first-order valence-electron chi connectivity index (χ1n) is 6.96. The fourth-order valence-corrected chi connectivity index (χ4v) is 2.45. The highest BCUT2D eigenvalue weighted by molar-refractivity contribution is 5.89. The van der Waals surface area contributed by atoms with E-state index in [1.165, 1.54) is 25.7 Å². The van der Waals surface area contributed by atoms with Gasteiger partial charge in [0, 0.05) is 18.8 Å². The van der Waals surface area contributed by atoms with Crippen molar-refractivity contribution >= 4 is 16.6 Å². The van der Waals surface area contributed by atoms with Gasteiger partial charge in [0.1, 0.15) is 0 Å². The maximum absolute atomic E-state index is 11.0. The molecule has 0 unspecified atom stereocenters. The number of aryl methyl sites for hydroxylation is 1. The molecule has 1 heterocycles. The van der Waals surface area contributed by atoms with Crippen molar-refractivity contribution < 1.29 is 4.92 Å². The van der Waals surface area contributed by atoms with Crippen LogP contribution in [0.15, 0.2) is 30.5 Å². The molecular formula is C15H20N2O2. The zero-order valence-electron chi connectivity index (χ0n) is 11.3. The van der Waals surface area contributed by atoms with E-state index in [1.54, 1.807) is 12.1 Å². The number of nitro groups is 1. The second-order valence-corrected chi connectivity index (χ2v) is 4.89. The smallest absolute Gasteiger partial charge is 0.278 e. The number of hydrogen-bond acceptors (Lipinski definition) is 2. The maximum Gasteiger partial charge on any atom is 0.278 e. The molecule has 1 aromatic carbocycles. The minimum absolute atomic E-state index is 0.197. The summed E-state index contributed by atoms with van der Waals surface area (Å²) in [5.74, 6) is 0. The number of aromatic nitrogens is 1. The number of fused-ring (bicyclic) bond motifs is 1. The third kappa shape index (κ3) is 3.13. The number of hydrogen-bond donors (Lipinski definition) is 0. The Labute approximate surface area is 113 Å². The Bertz CT molecular complexity index is 560. The Morgan fingerprint density at radius 2 is 1.95 bits per heavy atom. The van der Waals surface area contributed by atoms with Gasteiger partial charge < -0.3 is 4.57 Å². The van der Waals surface area contributed by atoms with Crippen molar-refractivity contribution in [3.8, 4) is 0 Å². The first-order valence-corrected chi connectivity index (χ1v) is 6.96. The zero-order valence-corrected chi connectivity index (χ0v) is 11.3. The Morgan fingerprint density at radius 1 is 1.16 bits per heavy atom. The highest BCUT2D eigenvalue weighted by atomic mass is 16.6. The van der Waals surface area contributed by atoms with Crippen molar-refractivity contribution in [2.45, 2.75) is 45.6 Å². The van der Waals surface area contributed by atoms with E-state index in [1.807, 2.05) is 18.3 Å². The fourth-order valence-electron chi connectivity index (χ4n) is 2.45. The van der Waals surface area contributed by atoms with Crippen molar-refractivity contribution in [1.29, 1.82) is 0 Å². The minimum atomic E-state index is -0.312. The van der Waals surface area contributed by atoms with E-state index < -0.39 is 0 Å². The normalized spacial score (nSPS) is 11.0. The molecule has 2 aromatic rings. The summed E-state index contributed by atoms with van der Waals surface area (Å²) < 4.78 is 2.12. The molecule has 0 fully saturated rings. The van der Waals surface area contributed by atoms with Gasteiger partial charge in [-0.3, -0.25) is 10.1 Å². The Morgan fingerprint density at radius 3 is 2.68 bits per heavy atom. The lowest BCUT2D eigenvalue weighted by Crippen LogP contribution is -1.96. The van der Waals surface area contributed by atoms with Crippen LogP contribution in [-0.4, -0.2) is 9.49 Å². The highest BCUT2D eigenvalue weighted by Crippen LogP contribution is 2.26. The van der Waals surface area contributed by atoms with Gasteiger partial charge in [0.25, 0.3) is 5.69 Å². The lowest BCUT2D eigenvalue weighted by Gasteiger charge is -2.05. The summed E-state index contributed by atoms with van der Waals surface area (Å²) in [5.41, 5.74) is 1.16. The van der Waals surface area contributed by atoms with Gasteiger partial charge in [-0.25, -0.2) is 0 Å². The second kappa shape index (κ2) is 6.36. The Balaban J connectivity index is 2.08. The van der Waals surface area contributed by atoms with Gasteiger partial charge in [0.15, 0.2) is 0 Å². The van der Waals surface area contributed by atoms with Crippen molar-refractivity contribution in [3.05, 3.63) is 40.6 Å². The Kier molecular flexibility index (Phi) is 4.55. The molecule has 0 bridgehead atoms. The van der Waals surface area contributed by atoms with Crippen molar-refractivity contribution in [3.63, 3.8) is 0 Å². The topological polar surface area (TPSA) is 48.1 Å². The van der Waals surface area contributed by atoms with Crippen LogP contribution in [0.5, 0.6) is 0 Å². The molecule has 102 valence electrons. The van der Waals surface area contributed by atoms with Crippen LogP contribution in [0.4, 0.5) is 5.69 Å². The van der Waals surface area contributed by atoms with E-state index in [0.29, 0.717) is 0 Å². The summed E-state index contributed by atoms with van der Waals surface area (Å²) in [5, 5.41) is 11.7. The monoisotopic (exact) mass is 260 g/mol. The van der Waals surface area contributed by atoms with Gasteiger partial charge in [0.05, 0.1) is 15.8 Å². The van der Waals surface area contributed by atoms with Gasteiger partial charge in [-0.2, -0.15) is 0 Å². The van der Waals surface area contributed by atoms with E-state index >= 15 is 0 Å². The molecule has 0 amide bonds. The summed E-state index contributed by atoms with van der Waals surface area (Å²) in [6.07, 6.45) is 8.12. The van der Waals surface area contributed by atoms with Crippen LogP contribution in [0, 0.1) is 10.1 Å². The van der Waals surface area contributed by atoms with Gasteiger partial charge in [-0.1, -0.05) is 38.7 Å². The molecule has 4 heteroatoms. The molecule has 0 aliphatic heterocycles. The quantitative estimate of drug-likeness (QED) is 0.417. The first kappa shape index (κ1) is 13.6. The van der Waals surface area contributed by atoms with Crippen LogP contribution in [0.25, 0.3) is 10.9 Å². The lowest BCUT2D eigenvalue weighted by atomic mass is 10.1. The number of unbranched alkanes of at least 4 members (excludes halogenated alkanes) is 4. The summed E-state index contributed by atoms with van der Waals surface area (Å²) in [6, 6.07) is 7.12. The largest absolute Gasteiger partial charge is 0.347 e. The predicted octanol–water partition coefficient (Wildman–Crippen LogP) is 4.52. The average molecular weight is 260 g/mol. The number of non-ortho nitro benzene ring substituents is 1. The fraction of sp³-hybridized carbons (Fsp3) is 0.467. The molecular weight excluding hydrogens is 240 g/mol. The Hall–Kier alpha value is -1.84. The molecule has 0 saturated heterocycles. The van der Waals surface area contributed by atoms with Gasteiger partial charge in [-0.15, -0.1) is 0 Å². The molecule has 19 heavy (non-hydrogen) atoms. The van der Waals surface area contributed by atoms with Gasteiger partial charge >= 0.3 is 0 Å². The van der Waals surface area contributed by atoms with E-state index in [2.05, 4.69) is 11.5 Å². The molecule has 0 saturated carbocycles. The van der Waals surface area contributed by atoms with Crippen LogP contribution in [0.1, 0.15) is 39.0 Å². The second-order valence-electron chi connectivity index (χ2n) is 4.89. The van der Waals surface area contributed by atoms with Crippen LogP contribution in [-0.2, 0) is 6.54 Å². The first-order chi connectivity index (χ1) is 9.24. The zero-order chi connectivity index (χ0) is 13.7. The third-order valence-electron chi connectivity index (χ3n) is 3.49. The molecule has 4 nitrogen and oxygen atoms in total. The van der Waals surface area contributed by atoms with Crippen LogP contribution >= 0.6 is 0 Å². The number of benzene rings is 1. The van der Waals surface area contributed by atoms with Crippen LogP contribution < -0.4 is 0 Å². The molecule has 0 aliphatic rings. The molecule has 0 N–H and O–H groups in total. The summed E-state index contributed by atoms with van der Waals surface area (Å²) in [6.45, 7) is 3.15. The van der Waals surface area contributed by atoms with Gasteiger partial charge in [0.2, 0.25) is 0 Å². The number of nitro benzene ring substituents is 1. The van der Waals surface area contributed by atoms with Crippen molar-refractivity contribution in [2.24, 2.45) is 0 Å². The standard InChI is InChI=1S/C15H20N2O2/c1-2-3-4-5-6-11-16-12-10-13-14(16)8-7-9-15(13)17(18)19/h7-10,12H,2-6,11H2,1H3. The maximum atomic E-state index is 11.0. The number of nitrogens with zero attached hydrogens (tertiary/aromatic N) is 2. The van der Waals surface area contributed by atoms with Crippen molar-refractivity contribution in [1.82, 2.24) is 4.57 Å². The highest BCUT2D eigenvalue weighted by Gasteiger charge is 2.13. The van der Waals surface area contributed by atoms with E-state index in [9.17, 15) is 10.1 Å². The molecule has 0 atom stereocenters. The van der Waals surface area contributed by atoms with Crippen LogP contribution in [0.3, 0.4) is 0 Å². The van der Waals surface area contributed by atoms with E-state index in [4.69, 9.17) is 0 Å². The van der Waals surface area contributed by atoms with E-state index in [0.717, 1.165) is 23.9 Å². The average Bonchev–Trinajstić information content (AvgIpc) is 2.81. The van der Waals surface area contributed by atoms with Crippen molar-refractivity contribution in [2.75, 3.05) is 0 Å². The molecule has 2 rings (SSSR count). The minimum Gasteiger partial charge on any atom is -0.347 e. The number of rotatable bonds is 7. The molecule has 0 aliphatic carbocycles. The van der Waals surface area contributed by atoms with E-state index in [-0.39, 0.29) is 10.6 Å². The third-order valence-corrected chi connectivity index (χ3v) is 3.49. The molecule has 1 aromatic heterocycles.